The Morgan fingerprint density at radius 2 is 1.95 bits per heavy atom. The first kappa shape index (κ1) is 26.5. The van der Waals surface area contributed by atoms with E-state index in [1.54, 1.807) is 43.9 Å². The van der Waals surface area contributed by atoms with Crippen molar-refractivity contribution in [2.45, 2.75) is 64.6 Å². The second-order valence-electron chi connectivity index (χ2n) is 10.5. The Morgan fingerprint density at radius 3 is 2.62 bits per heavy atom. The van der Waals surface area contributed by atoms with E-state index in [1.165, 1.54) is 18.2 Å². The number of hydrogen-bond donors (Lipinski definition) is 1. The fourth-order valence-corrected chi connectivity index (χ4v) is 4.75. The molecule has 0 saturated carbocycles. The molecule has 0 radical (unpaired) electrons. The van der Waals surface area contributed by atoms with Crippen molar-refractivity contribution in [3.05, 3.63) is 70.9 Å². The van der Waals surface area contributed by atoms with Crippen LogP contribution in [0.15, 0.2) is 46.9 Å². The molecule has 1 atom stereocenters. The van der Waals surface area contributed by atoms with Crippen molar-refractivity contribution >= 4 is 23.3 Å². The highest BCUT2D eigenvalue weighted by Crippen LogP contribution is 2.38. The first-order valence-corrected chi connectivity index (χ1v) is 12.5. The van der Waals surface area contributed by atoms with Crippen molar-refractivity contribution in [1.82, 2.24) is 15.5 Å². The number of benzene rings is 2. The number of alkyl halides is 2. The molecule has 0 fully saturated rings. The summed E-state index contributed by atoms with van der Waals surface area (Å²) < 4.78 is 50.5. The highest BCUT2D eigenvalue weighted by atomic mass is 19.3. The lowest BCUT2D eigenvalue weighted by Crippen LogP contribution is -2.39. The van der Waals surface area contributed by atoms with Crippen LogP contribution in [0.2, 0.25) is 0 Å². The summed E-state index contributed by atoms with van der Waals surface area (Å²) in [5.41, 5.74) is 2.89. The van der Waals surface area contributed by atoms with Gasteiger partial charge in [0.1, 0.15) is 11.4 Å². The van der Waals surface area contributed by atoms with Gasteiger partial charge in [-0.05, 0) is 81.5 Å². The largest absolute Gasteiger partial charge is 0.444 e. The summed E-state index contributed by atoms with van der Waals surface area (Å²) in [6, 6.07) is 9.06. The number of hydrogen-bond acceptors (Lipinski definition) is 6. The molecule has 0 spiro atoms. The molecule has 2 heterocycles. The van der Waals surface area contributed by atoms with Gasteiger partial charge >= 0.3 is 12.5 Å². The van der Waals surface area contributed by atoms with Gasteiger partial charge in [0, 0.05) is 22.7 Å². The van der Waals surface area contributed by atoms with Gasteiger partial charge in [-0.25, -0.2) is 9.18 Å². The summed E-state index contributed by atoms with van der Waals surface area (Å²) in [6.45, 7) is 5.65. The van der Waals surface area contributed by atoms with Gasteiger partial charge in [-0.1, -0.05) is 12.1 Å². The van der Waals surface area contributed by atoms with E-state index in [0.29, 0.717) is 41.6 Å². The molecule has 11 heteroatoms. The van der Waals surface area contributed by atoms with Crippen molar-refractivity contribution in [2.24, 2.45) is 0 Å². The average Bonchev–Trinajstić information content (AvgIpc) is 3.49. The van der Waals surface area contributed by atoms with E-state index < -0.39 is 29.8 Å². The lowest BCUT2D eigenvalue weighted by atomic mass is 9.89. The zero-order chi connectivity index (χ0) is 27.9. The van der Waals surface area contributed by atoms with E-state index in [2.05, 4.69) is 15.5 Å². The smallest absolute Gasteiger partial charge is 0.407 e. The van der Waals surface area contributed by atoms with Crippen LogP contribution in [0.4, 0.5) is 23.7 Å². The van der Waals surface area contributed by atoms with E-state index in [4.69, 9.17) is 9.15 Å². The van der Waals surface area contributed by atoms with Gasteiger partial charge < -0.3 is 19.4 Å². The molecule has 1 unspecified atom stereocenters. The number of halogens is 3. The standard InChI is InChI=1S/C28H27F3N4O4/c1-28(2,3)39-27(37)32-19-9-6-15(7-10-19)20-13-18(29)8-11-22(20)35-14-17-5-4-16(12-21(17)26(35)36)24-33-34-25(38-24)23(30)31/h4-6,8,11-13,19,23H,7,9-10,14H2,1-3H3,(H,32,37). The van der Waals surface area contributed by atoms with Crippen LogP contribution in [0.1, 0.15) is 73.8 Å². The number of carbonyl (C=O) groups excluding carboxylic acids is 2. The van der Waals surface area contributed by atoms with E-state index in [9.17, 15) is 22.8 Å². The van der Waals surface area contributed by atoms with Crippen LogP contribution in [0.25, 0.3) is 17.0 Å². The van der Waals surface area contributed by atoms with Crippen LogP contribution in [0, 0.1) is 5.82 Å². The molecule has 1 aliphatic carbocycles. The van der Waals surface area contributed by atoms with Gasteiger partial charge in [0.2, 0.25) is 5.89 Å². The Bertz CT molecular complexity index is 1460. The maximum Gasteiger partial charge on any atom is 0.407 e. The Labute approximate surface area is 222 Å². The van der Waals surface area contributed by atoms with E-state index >= 15 is 0 Å². The molecule has 5 rings (SSSR count). The Morgan fingerprint density at radius 1 is 1.15 bits per heavy atom. The number of fused-ring (bicyclic) bond motifs is 1. The van der Waals surface area contributed by atoms with Crippen molar-refractivity contribution in [3.8, 4) is 11.5 Å². The molecule has 2 aliphatic rings. The van der Waals surface area contributed by atoms with E-state index in [-0.39, 0.29) is 24.4 Å². The van der Waals surface area contributed by atoms with Crippen LogP contribution in [0.3, 0.4) is 0 Å². The number of ether oxygens (including phenoxy) is 1. The number of aromatic nitrogens is 2. The van der Waals surface area contributed by atoms with Gasteiger partial charge in [-0.3, -0.25) is 4.79 Å². The van der Waals surface area contributed by atoms with Gasteiger partial charge in [0.25, 0.3) is 11.8 Å². The molecule has 0 bridgehead atoms. The minimum atomic E-state index is -2.90. The SMILES string of the molecule is CC(C)(C)OC(=O)NC1CC=C(c2cc(F)ccc2N2Cc3ccc(-c4nnc(C(F)F)o4)cc3C2=O)CC1. The third-order valence-corrected chi connectivity index (χ3v) is 6.52. The zero-order valence-electron chi connectivity index (χ0n) is 21.6. The number of nitrogens with zero attached hydrogens (tertiary/aromatic N) is 3. The Hall–Kier alpha value is -4.15. The number of anilines is 1. The van der Waals surface area contributed by atoms with Crippen LogP contribution in [-0.2, 0) is 11.3 Å². The van der Waals surface area contributed by atoms with Crippen molar-refractivity contribution in [2.75, 3.05) is 4.90 Å². The number of carbonyl (C=O) groups is 2. The second kappa shape index (κ2) is 10.2. The van der Waals surface area contributed by atoms with Crippen LogP contribution in [-0.4, -0.2) is 33.8 Å². The van der Waals surface area contributed by atoms with Crippen molar-refractivity contribution in [1.29, 1.82) is 0 Å². The summed E-state index contributed by atoms with van der Waals surface area (Å²) in [4.78, 5) is 27.2. The lowest BCUT2D eigenvalue weighted by Gasteiger charge is -2.27. The van der Waals surface area contributed by atoms with Crippen LogP contribution >= 0.6 is 0 Å². The molecular formula is C28H27F3N4O4. The maximum absolute atomic E-state index is 14.4. The quantitative estimate of drug-likeness (QED) is 0.400. The minimum absolute atomic E-state index is 0.108. The predicted molar refractivity (Wildman–Crippen MR) is 137 cm³/mol. The van der Waals surface area contributed by atoms with Gasteiger partial charge in [0.05, 0.1) is 12.2 Å². The third kappa shape index (κ3) is 5.67. The van der Waals surface area contributed by atoms with Gasteiger partial charge in [0.15, 0.2) is 0 Å². The van der Waals surface area contributed by atoms with E-state index in [0.717, 1.165) is 11.1 Å². The normalized spacial score (nSPS) is 17.3. The topological polar surface area (TPSA) is 97.6 Å². The summed E-state index contributed by atoms with van der Waals surface area (Å²) in [5, 5.41) is 9.87. The summed E-state index contributed by atoms with van der Waals surface area (Å²) in [7, 11) is 0. The molecule has 1 N–H and O–H groups in total. The van der Waals surface area contributed by atoms with Crippen molar-refractivity contribution < 1.29 is 31.9 Å². The summed E-state index contributed by atoms with van der Waals surface area (Å²) >= 11 is 0. The van der Waals surface area contributed by atoms with E-state index in [1.807, 2.05) is 6.08 Å². The average molecular weight is 541 g/mol. The van der Waals surface area contributed by atoms with Gasteiger partial charge in [-0.2, -0.15) is 8.78 Å². The highest BCUT2D eigenvalue weighted by Gasteiger charge is 2.32. The molecule has 1 aromatic heterocycles. The summed E-state index contributed by atoms with van der Waals surface area (Å²) in [6.07, 6.45) is 0.301. The Balaban J connectivity index is 1.36. The van der Waals surface area contributed by atoms with Crippen LogP contribution in [0.5, 0.6) is 0 Å². The summed E-state index contributed by atoms with van der Waals surface area (Å²) in [5.74, 6) is -1.64. The number of allylic oxidation sites excluding steroid dienone is 1. The number of alkyl carbamates (subject to hydrolysis) is 1. The Kier molecular flexibility index (Phi) is 6.92. The molecule has 39 heavy (non-hydrogen) atoms. The first-order valence-electron chi connectivity index (χ1n) is 12.5. The zero-order valence-corrected chi connectivity index (χ0v) is 21.6. The monoisotopic (exact) mass is 540 g/mol. The van der Waals surface area contributed by atoms with Crippen molar-refractivity contribution in [3.63, 3.8) is 0 Å². The number of nitrogens with one attached hydrogen (secondary N) is 1. The molecule has 3 aromatic rings. The second-order valence-corrected chi connectivity index (χ2v) is 10.5. The molecule has 0 saturated heterocycles. The fourth-order valence-electron chi connectivity index (χ4n) is 4.75. The minimum Gasteiger partial charge on any atom is -0.444 e. The predicted octanol–water partition coefficient (Wildman–Crippen LogP) is 6.43. The fraction of sp³-hybridized carbons (Fsp3) is 0.357. The molecule has 8 nitrogen and oxygen atoms in total. The molecule has 204 valence electrons. The van der Waals surface area contributed by atoms with Gasteiger partial charge in [-0.15, -0.1) is 10.2 Å². The molecule has 2 aromatic carbocycles. The maximum atomic E-state index is 14.4. The lowest BCUT2D eigenvalue weighted by molar-refractivity contribution is 0.0501. The first-order chi connectivity index (χ1) is 18.5. The molecular weight excluding hydrogens is 513 g/mol. The molecule has 2 amide bonds. The number of amides is 2. The molecule has 1 aliphatic heterocycles. The third-order valence-electron chi connectivity index (χ3n) is 6.52. The highest BCUT2D eigenvalue weighted by molar-refractivity contribution is 6.11. The van der Waals surface area contributed by atoms with Crippen LogP contribution < -0.4 is 10.2 Å². The number of rotatable bonds is 5.